The molecular weight excluding hydrogens is 234 g/mol. The molecule has 0 bridgehead atoms. The van der Waals surface area contributed by atoms with Gasteiger partial charge in [0.25, 0.3) is 0 Å². The van der Waals surface area contributed by atoms with Gasteiger partial charge in [0.2, 0.25) is 0 Å². The summed E-state index contributed by atoms with van der Waals surface area (Å²) in [6.45, 7) is 0. The Morgan fingerprint density at radius 1 is 1.36 bits per heavy atom. The average Bonchev–Trinajstić information content (AvgIpc) is 2.63. The molecule has 1 aromatic carbocycles. The van der Waals surface area contributed by atoms with Crippen LogP contribution in [-0.2, 0) is 0 Å². The van der Waals surface area contributed by atoms with Crippen molar-refractivity contribution < 1.29 is 0 Å². The van der Waals surface area contributed by atoms with Crippen molar-refractivity contribution in [3.63, 3.8) is 0 Å². The van der Waals surface area contributed by atoms with Crippen LogP contribution < -0.4 is 4.72 Å². The van der Waals surface area contributed by atoms with Gasteiger partial charge in [0.05, 0.1) is 0 Å². The number of H-pyrrole nitrogens is 1. The van der Waals surface area contributed by atoms with Crippen LogP contribution in [0.5, 0.6) is 0 Å². The molecule has 0 saturated heterocycles. The lowest BCUT2D eigenvalue weighted by atomic mass is 10.3. The maximum absolute atomic E-state index is 4.92. The molecule has 0 unspecified atom stereocenters. The van der Waals surface area contributed by atoms with Gasteiger partial charge in [-0.1, -0.05) is 29.5 Å². The molecule has 0 aliphatic carbocycles. The van der Waals surface area contributed by atoms with E-state index in [1.54, 1.807) is 0 Å². The number of para-hydroxylation sites is 1. The minimum Gasteiger partial charge on any atom is -0.324 e. The predicted molar refractivity (Wildman–Crippen MR) is 63.2 cm³/mol. The summed E-state index contributed by atoms with van der Waals surface area (Å²) < 4.78 is 4.76. The third-order valence-electron chi connectivity index (χ3n) is 1.45. The maximum Gasteiger partial charge on any atom is 0.193 e. The van der Waals surface area contributed by atoms with Gasteiger partial charge in [-0.05, 0) is 24.4 Å². The zero-order chi connectivity index (χ0) is 9.80. The second-order valence-corrected chi connectivity index (χ2v) is 5.17. The number of rotatable bonds is 3. The number of nitrogens with one attached hydrogen (secondary N) is 2. The van der Waals surface area contributed by atoms with Crippen molar-refractivity contribution in [1.82, 2.24) is 10.2 Å². The fraction of sp³-hybridized carbons (Fsp3) is 0. The van der Waals surface area contributed by atoms with Crippen LogP contribution in [0.3, 0.4) is 0 Å². The summed E-state index contributed by atoms with van der Waals surface area (Å²) in [6.07, 6.45) is 0. The van der Waals surface area contributed by atoms with Crippen LogP contribution in [0, 0.1) is 3.95 Å². The van der Waals surface area contributed by atoms with Gasteiger partial charge in [-0.2, -0.15) is 5.10 Å². The Labute approximate surface area is 94.7 Å². The highest BCUT2D eigenvalue weighted by Gasteiger charge is 1.97. The SMILES string of the molecule is S=c1[nH]nc(SNc2ccccc2)s1. The normalized spacial score (nSPS) is 10.0. The zero-order valence-electron chi connectivity index (χ0n) is 7.06. The Hall–Kier alpha value is -0.850. The summed E-state index contributed by atoms with van der Waals surface area (Å²) in [5.74, 6) is 0. The summed E-state index contributed by atoms with van der Waals surface area (Å²) in [4.78, 5) is 0. The van der Waals surface area contributed by atoms with Crippen molar-refractivity contribution >= 4 is 41.2 Å². The highest BCUT2D eigenvalue weighted by atomic mass is 32.2. The molecule has 2 N–H and O–H groups in total. The summed E-state index contributed by atoms with van der Waals surface area (Å²) in [5.41, 5.74) is 1.05. The van der Waals surface area contributed by atoms with E-state index in [0.29, 0.717) is 3.95 Å². The Bertz CT molecular complexity index is 448. The molecule has 6 heteroatoms. The predicted octanol–water partition coefficient (Wildman–Crippen LogP) is 3.32. The zero-order valence-corrected chi connectivity index (χ0v) is 9.51. The first-order valence-electron chi connectivity index (χ1n) is 3.88. The van der Waals surface area contributed by atoms with Crippen LogP contribution in [0.15, 0.2) is 34.7 Å². The van der Waals surface area contributed by atoms with Crippen LogP contribution in [0.4, 0.5) is 5.69 Å². The number of hydrogen-bond donors (Lipinski definition) is 2. The van der Waals surface area contributed by atoms with Crippen LogP contribution >= 0.6 is 35.5 Å². The average molecular weight is 241 g/mol. The molecule has 2 aromatic rings. The summed E-state index contributed by atoms with van der Waals surface area (Å²) in [7, 11) is 0. The fourth-order valence-corrected chi connectivity index (χ4v) is 2.62. The molecule has 0 amide bonds. The molecule has 0 aliphatic rings. The smallest absolute Gasteiger partial charge is 0.193 e. The first-order valence-corrected chi connectivity index (χ1v) is 5.92. The number of hydrogen-bond acceptors (Lipinski definition) is 5. The van der Waals surface area contributed by atoms with E-state index in [2.05, 4.69) is 14.9 Å². The van der Waals surface area contributed by atoms with Crippen molar-refractivity contribution in [1.29, 1.82) is 0 Å². The highest BCUT2D eigenvalue weighted by molar-refractivity contribution is 8.02. The van der Waals surface area contributed by atoms with E-state index in [1.165, 1.54) is 23.3 Å². The molecule has 0 aliphatic heterocycles. The van der Waals surface area contributed by atoms with Crippen molar-refractivity contribution in [3.8, 4) is 0 Å². The largest absolute Gasteiger partial charge is 0.324 e. The number of aromatic amines is 1. The molecule has 0 radical (unpaired) electrons. The van der Waals surface area contributed by atoms with E-state index in [0.717, 1.165) is 10.0 Å². The molecule has 72 valence electrons. The third kappa shape index (κ3) is 2.57. The molecule has 1 heterocycles. The van der Waals surface area contributed by atoms with Crippen molar-refractivity contribution in [2.75, 3.05) is 4.72 Å². The molecule has 0 spiro atoms. The van der Waals surface area contributed by atoms with Gasteiger partial charge in [0.1, 0.15) is 0 Å². The highest BCUT2D eigenvalue weighted by Crippen LogP contribution is 2.22. The van der Waals surface area contributed by atoms with Crippen molar-refractivity contribution in [2.24, 2.45) is 0 Å². The molecule has 1 aromatic heterocycles. The van der Waals surface area contributed by atoms with Gasteiger partial charge in [0.15, 0.2) is 8.29 Å². The lowest BCUT2D eigenvalue weighted by Gasteiger charge is -2.00. The van der Waals surface area contributed by atoms with Crippen LogP contribution in [0.25, 0.3) is 0 Å². The van der Waals surface area contributed by atoms with E-state index < -0.39 is 0 Å². The van der Waals surface area contributed by atoms with E-state index in [9.17, 15) is 0 Å². The molecular formula is C8H7N3S3. The van der Waals surface area contributed by atoms with Crippen molar-refractivity contribution in [3.05, 3.63) is 34.3 Å². The second kappa shape index (κ2) is 4.59. The standard InChI is InChI=1S/C8H7N3S3/c12-7-9-10-8(13-7)14-11-6-4-2-1-3-5-6/h1-5,11H,(H,9,12). The van der Waals surface area contributed by atoms with Gasteiger partial charge in [-0.3, -0.25) is 5.10 Å². The molecule has 2 rings (SSSR count). The van der Waals surface area contributed by atoms with Crippen LogP contribution in [0.1, 0.15) is 0 Å². The minimum atomic E-state index is 0.697. The van der Waals surface area contributed by atoms with Gasteiger partial charge in [0, 0.05) is 17.6 Å². The van der Waals surface area contributed by atoms with Crippen LogP contribution in [-0.4, -0.2) is 10.2 Å². The topological polar surface area (TPSA) is 40.7 Å². The Morgan fingerprint density at radius 2 is 2.14 bits per heavy atom. The summed E-state index contributed by atoms with van der Waals surface area (Å²) in [6, 6.07) is 9.94. The molecule has 0 atom stereocenters. The lowest BCUT2D eigenvalue weighted by molar-refractivity contribution is 1.00. The third-order valence-corrected chi connectivity index (χ3v) is 3.44. The summed E-state index contributed by atoms with van der Waals surface area (Å²) in [5, 5.41) is 6.75. The van der Waals surface area contributed by atoms with Crippen LogP contribution in [0.2, 0.25) is 0 Å². The minimum absolute atomic E-state index is 0.697. The van der Waals surface area contributed by atoms with E-state index in [-0.39, 0.29) is 0 Å². The number of anilines is 1. The monoisotopic (exact) mass is 241 g/mol. The van der Waals surface area contributed by atoms with E-state index in [4.69, 9.17) is 12.2 Å². The molecule has 3 nitrogen and oxygen atoms in total. The van der Waals surface area contributed by atoms with E-state index in [1.807, 2.05) is 30.3 Å². The van der Waals surface area contributed by atoms with Gasteiger partial charge >= 0.3 is 0 Å². The first kappa shape index (κ1) is 9.70. The Balaban J connectivity index is 1.98. The fourth-order valence-electron chi connectivity index (χ4n) is 0.869. The van der Waals surface area contributed by atoms with Gasteiger partial charge < -0.3 is 4.72 Å². The first-order chi connectivity index (χ1) is 6.84. The number of aromatic nitrogens is 2. The van der Waals surface area contributed by atoms with Crippen molar-refractivity contribution in [2.45, 2.75) is 4.34 Å². The molecule has 14 heavy (non-hydrogen) atoms. The molecule has 0 fully saturated rings. The quantitative estimate of drug-likeness (QED) is 0.639. The number of benzene rings is 1. The summed E-state index contributed by atoms with van der Waals surface area (Å²) >= 11 is 7.83. The second-order valence-electron chi connectivity index (χ2n) is 2.45. The van der Waals surface area contributed by atoms with Gasteiger partial charge in [-0.15, -0.1) is 0 Å². The van der Waals surface area contributed by atoms with Gasteiger partial charge in [-0.25, -0.2) is 0 Å². The maximum atomic E-state index is 4.92. The Kier molecular flexibility index (Phi) is 3.18. The lowest BCUT2D eigenvalue weighted by Crippen LogP contribution is -1.84. The van der Waals surface area contributed by atoms with E-state index >= 15 is 0 Å². The Morgan fingerprint density at radius 3 is 2.79 bits per heavy atom. The molecule has 0 saturated carbocycles. The number of nitrogens with zero attached hydrogens (tertiary/aromatic N) is 1.